The molecule has 0 aliphatic carbocycles. The molecular weight excluding hydrogens is 260 g/mol. The first kappa shape index (κ1) is 15.7. The number of aryl methyl sites for hydroxylation is 2. The van der Waals surface area contributed by atoms with E-state index in [-0.39, 0.29) is 0 Å². The molecule has 0 spiro atoms. The number of aromatic nitrogens is 2. The number of benzene rings is 1. The second-order valence-corrected chi connectivity index (χ2v) is 5.66. The largest absolute Gasteiger partial charge is 0.312 e. The van der Waals surface area contributed by atoms with E-state index in [1.165, 1.54) is 16.7 Å². The van der Waals surface area contributed by atoms with Gasteiger partial charge in [-0.15, -0.1) is 0 Å². The molecule has 4 nitrogen and oxygen atoms in total. The summed E-state index contributed by atoms with van der Waals surface area (Å²) in [7, 11) is 6.13. The highest BCUT2D eigenvalue weighted by Gasteiger charge is 2.12. The Bertz CT molecular complexity index is 544. The first-order valence-electron chi connectivity index (χ1n) is 7.54. The van der Waals surface area contributed by atoms with Crippen molar-refractivity contribution in [1.29, 1.82) is 0 Å². The number of hydrogen-bond donors (Lipinski definition) is 1. The van der Waals surface area contributed by atoms with Gasteiger partial charge in [-0.1, -0.05) is 31.2 Å². The molecule has 21 heavy (non-hydrogen) atoms. The van der Waals surface area contributed by atoms with E-state index in [0.717, 1.165) is 19.5 Å². The van der Waals surface area contributed by atoms with Crippen molar-refractivity contribution in [2.45, 2.75) is 25.9 Å². The Morgan fingerprint density at radius 1 is 1.24 bits per heavy atom. The molecule has 0 amide bonds. The summed E-state index contributed by atoms with van der Waals surface area (Å²) in [6.45, 7) is 4.07. The third-order valence-corrected chi connectivity index (χ3v) is 3.84. The van der Waals surface area contributed by atoms with Crippen LogP contribution in [0.15, 0.2) is 36.7 Å². The summed E-state index contributed by atoms with van der Waals surface area (Å²) in [5, 5.41) is 7.64. The fourth-order valence-corrected chi connectivity index (χ4v) is 2.59. The molecule has 1 heterocycles. The lowest BCUT2D eigenvalue weighted by molar-refractivity contribution is 0.289. The molecule has 4 heteroatoms. The molecule has 114 valence electrons. The van der Waals surface area contributed by atoms with E-state index in [9.17, 15) is 0 Å². The van der Waals surface area contributed by atoms with Crippen LogP contribution in [-0.4, -0.2) is 35.3 Å². The molecular formula is C17H26N4. The second-order valence-electron chi connectivity index (χ2n) is 5.66. The van der Waals surface area contributed by atoms with E-state index in [2.05, 4.69) is 59.7 Å². The Hall–Kier alpha value is -1.65. The van der Waals surface area contributed by atoms with Crippen molar-refractivity contribution in [2.24, 2.45) is 7.05 Å². The second kappa shape index (κ2) is 7.38. The van der Waals surface area contributed by atoms with Gasteiger partial charge in [-0.05, 0) is 31.6 Å². The van der Waals surface area contributed by atoms with E-state index >= 15 is 0 Å². The van der Waals surface area contributed by atoms with Crippen LogP contribution >= 0.6 is 0 Å². The fourth-order valence-electron chi connectivity index (χ4n) is 2.59. The highest BCUT2D eigenvalue weighted by atomic mass is 15.2. The van der Waals surface area contributed by atoms with Crippen LogP contribution in [-0.2, 0) is 20.0 Å². The van der Waals surface area contributed by atoms with Gasteiger partial charge in [0, 0.05) is 37.9 Å². The smallest absolute Gasteiger partial charge is 0.0534 e. The van der Waals surface area contributed by atoms with Crippen molar-refractivity contribution in [1.82, 2.24) is 20.0 Å². The van der Waals surface area contributed by atoms with Gasteiger partial charge in [0.05, 0.1) is 6.20 Å². The number of nitrogens with zero attached hydrogens (tertiary/aromatic N) is 3. The molecule has 1 unspecified atom stereocenters. The van der Waals surface area contributed by atoms with Crippen LogP contribution in [0.2, 0.25) is 0 Å². The SMILES string of the molecule is CCc1ccc(C(CN(C)Cc2cnn(C)c2)NC)cc1. The van der Waals surface area contributed by atoms with Crippen LogP contribution in [0.5, 0.6) is 0 Å². The van der Waals surface area contributed by atoms with Crippen LogP contribution in [0, 0.1) is 0 Å². The molecule has 0 fully saturated rings. The standard InChI is InChI=1S/C17H26N4/c1-5-14-6-8-16(9-7-14)17(18-2)13-20(3)11-15-10-19-21(4)12-15/h6-10,12,17-18H,5,11,13H2,1-4H3. The summed E-state index contributed by atoms with van der Waals surface area (Å²) >= 11 is 0. The van der Waals surface area contributed by atoms with Gasteiger partial charge in [0.25, 0.3) is 0 Å². The van der Waals surface area contributed by atoms with Crippen molar-refractivity contribution >= 4 is 0 Å². The molecule has 1 aromatic heterocycles. The summed E-state index contributed by atoms with van der Waals surface area (Å²) in [6.07, 6.45) is 5.09. The number of likely N-dealkylation sites (N-methyl/N-ethyl adjacent to an activating group) is 2. The topological polar surface area (TPSA) is 33.1 Å². The summed E-state index contributed by atoms with van der Waals surface area (Å²) in [6, 6.07) is 9.26. The Kier molecular flexibility index (Phi) is 5.53. The van der Waals surface area contributed by atoms with E-state index in [4.69, 9.17) is 0 Å². The van der Waals surface area contributed by atoms with E-state index in [1.807, 2.05) is 25.0 Å². The predicted molar refractivity (Wildman–Crippen MR) is 87.2 cm³/mol. The van der Waals surface area contributed by atoms with Crippen molar-refractivity contribution in [2.75, 3.05) is 20.6 Å². The van der Waals surface area contributed by atoms with Crippen molar-refractivity contribution in [3.63, 3.8) is 0 Å². The first-order chi connectivity index (χ1) is 10.1. The molecule has 2 rings (SSSR count). The van der Waals surface area contributed by atoms with Gasteiger partial charge in [-0.2, -0.15) is 5.10 Å². The minimum Gasteiger partial charge on any atom is -0.312 e. The molecule has 0 aliphatic rings. The van der Waals surface area contributed by atoms with Crippen LogP contribution < -0.4 is 5.32 Å². The van der Waals surface area contributed by atoms with Gasteiger partial charge in [0.1, 0.15) is 0 Å². The maximum atomic E-state index is 4.22. The summed E-state index contributed by atoms with van der Waals surface area (Å²) in [4.78, 5) is 2.33. The van der Waals surface area contributed by atoms with Crippen molar-refractivity contribution in [3.8, 4) is 0 Å². The quantitative estimate of drug-likeness (QED) is 0.848. The van der Waals surface area contributed by atoms with Crippen molar-refractivity contribution in [3.05, 3.63) is 53.3 Å². The number of rotatable bonds is 7. The monoisotopic (exact) mass is 286 g/mol. The average Bonchev–Trinajstić information content (AvgIpc) is 2.90. The fraction of sp³-hybridized carbons (Fsp3) is 0.471. The maximum absolute atomic E-state index is 4.22. The molecule has 1 N–H and O–H groups in total. The highest BCUT2D eigenvalue weighted by Crippen LogP contribution is 2.16. The normalized spacial score (nSPS) is 12.8. The molecule has 0 radical (unpaired) electrons. The average molecular weight is 286 g/mol. The lowest BCUT2D eigenvalue weighted by atomic mass is 10.0. The molecule has 0 aliphatic heterocycles. The lowest BCUT2D eigenvalue weighted by Crippen LogP contribution is -2.30. The van der Waals surface area contributed by atoms with Crippen LogP contribution in [0.1, 0.15) is 29.7 Å². The van der Waals surface area contributed by atoms with Crippen LogP contribution in [0.4, 0.5) is 0 Å². The van der Waals surface area contributed by atoms with E-state index in [1.54, 1.807) is 0 Å². The highest BCUT2D eigenvalue weighted by molar-refractivity contribution is 5.25. The summed E-state index contributed by atoms with van der Waals surface area (Å²) in [5.74, 6) is 0. The van der Waals surface area contributed by atoms with Gasteiger partial charge < -0.3 is 10.2 Å². The van der Waals surface area contributed by atoms with E-state index in [0.29, 0.717) is 6.04 Å². The van der Waals surface area contributed by atoms with Crippen LogP contribution in [0.3, 0.4) is 0 Å². The minimum atomic E-state index is 0.345. The third-order valence-electron chi connectivity index (χ3n) is 3.84. The Balaban J connectivity index is 1.97. The molecule has 1 aromatic carbocycles. The first-order valence-corrected chi connectivity index (χ1v) is 7.54. The van der Waals surface area contributed by atoms with Gasteiger partial charge >= 0.3 is 0 Å². The zero-order chi connectivity index (χ0) is 15.2. The zero-order valence-corrected chi connectivity index (χ0v) is 13.5. The molecule has 1 atom stereocenters. The molecule has 0 bridgehead atoms. The molecule has 2 aromatic rings. The minimum absolute atomic E-state index is 0.345. The predicted octanol–water partition coefficient (Wildman–Crippen LogP) is 2.38. The van der Waals surface area contributed by atoms with Gasteiger partial charge in [0.15, 0.2) is 0 Å². The maximum Gasteiger partial charge on any atom is 0.0534 e. The van der Waals surface area contributed by atoms with E-state index < -0.39 is 0 Å². The van der Waals surface area contributed by atoms with Gasteiger partial charge in [-0.3, -0.25) is 4.68 Å². The third kappa shape index (κ3) is 4.41. The van der Waals surface area contributed by atoms with Gasteiger partial charge in [-0.25, -0.2) is 0 Å². The summed E-state index contributed by atoms with van der Waals surface area (Å²) in [5.41, 5.74) is 3.97. The Morgan fingerprint density at radius 3 is 2.48 bits per heavy atom. The number of hydrogen-bond acceptors (Lipinski definition) is 3. The zero-order valence-electron chi connectivity index (χ0n) is 13.5. The number of nitrogens with one attached hydrogen (secondary N) is 1. The lowest BCUT2D eigenvalue weighted by Gasteiger charge is -2.24. The van der Waals surface area contributed by atoms with Crippen molar-refractivity contribution < 1.29 is 0 Å². The Morgan fingerprint density at radius 2 is 1.95 bits per heavy atom. The summed E-state index contributed by atoms with van der Waals surface area (Å²) < 4.78 is 1.85. The Labute approximate surface area is 127 Å². The van der Waals surface area contributed by atoms with Crippen LogP contribution in [0.25, 0.3) is 0 Å². The molecule has 0 saturated heterocycles. The van der Waals surface area contributed by atoms with Gasteiger partial charge in [0.2, 0.25) is 0 Å². The molecule has 0 saturated carbocycles.